The minimum Gasteiger partial charge on any atom is -1.00 e. The van der Waals surface area contributed by atoms with Gasteiger partial charge < -0.3 is 11.0 Å². The van der Waals surface area contributed by atoms with Gasteiger partial charge in [0.15, 0.2) is 5.58 Å². The number of phenols is 1. The van der Waals surface area contributed by atoms with Crippen molar-refractivity contribution in [2.75, 3.05) is 0 Å². The largest absolute Gasteiger partial charge is 1.00 e. The van der Waals surface area contributed by atoms with Gasteiger partial charge in [-0.25, -0.2) is 4.98 Å². The van der Waals surface area contributed by atoms with Gasteiger partial charge in [-0.3, -0.25) is 0 Å². The first kappa shape index (κ1) is 11.8. The maximum Gasteiger partial charge on any atom is 1.00 e. The molecular formula is C13H10LiNO2. The molecule has 0 aliphatic heterocycles. The normalized spacial score (nSPS) is 10.1. The Labute approximate surface area is 112 Å². The fourth-order valence-corrected chi connectivity index (χ4v) is 1.60. The summed E-state index contributed by atoms with van der Waals surface area (Å²) in [6.07, 6.45) is 0. The van der Waals surface area contributed by atoms with Gasteiger partial charge in [0, 0.05) is 5.56 Å². The van der Waals surface area contributed by atoms with Crippen molar-refractivity contribution in [2.45, 2.75) is 0 Å². The summed E-state index contributed by atoms with van der Waals surface area (Å²) < 4.78 is 5.60. The number of oxazole rings is 1. The predicted octanol–water partition coefficient (Wildman–Crippen LogP) is 0.317. The van der Waals surface area contributed by atoms with Crippen molar-refractivity contribution in [3.05, 3.63) is 48.5 Å². The van der Waals surface area contributed by atoms with E-state index in [1.807, 2.05) is 24.3 Å². The molecule has 0 saturated carbocycles. The third kappa shape index (κ3) is 2.21. The van der Waals surface area contributed by atoms with Gasteiger partial charge in [0.1, 0.15) is 11.3 Å². The molecule has 0 atom stereocenters. The molecule has 1 aromatic heterocycles. The summed E-state index contributed by atoms with van der Waals surface area (Å²) in [6.45, 7) is 0. The van der Waals surface area contributed by atoms with E-state index in [4.69, 9.17) is 4.42 Å². The number of aromatic nitrogens is 1. The van der Waals surface area contributed by atoms with Gasteiger partial charge in [-0.15, -0.1) is 0 Å². The summed E-state index contributed by atoms with van der Waals surface area (Å²) in [5, 5.41) is 9.19. The number of nitrogens with zero attached hydrogens (tertiary/aromatic N) is 1. The second kappa shape index (κ2) is 4.66. The van der Waals surface area contributed by atoms with Crippen LogP contribution in [0.1, 0.15) is 1.43 Å². The summed E-state index contributed by atoms with van der Waals surface area (Å²) in [6, 6.07) is 14.4. The van der Waals surface area contributed by atoms with E-state index in [1.54, 1.807) is 24.3 Å². The fourth-order valence-electron chi connectivity index (χ4n) is 1.60. The van der Waals surface area contributed by atoms with Crippen LogP contribution in [0.4, 0.5) is 0 Å². The SMILES string of the molecule is Oc1ccc(-c2nc3ccccc3o2)cc1.[H-].[Li+]. The average Bonchev–Trinajstić information content (AvgIpc) is 2.73. The summed E-state index contributed by atoms with van der Waals surface area (Å²) in [5.41, 5.74) is 2.46. The fraction of sp³-hybridized carbons (Fsp3) is 0. The van der Waals surface area contributed by atoms with Crippen LogP contribution in [0.3, 0.4) is 0 Å². The van der Waals surface area contributed by atoms with Crippen LogP contribution >= 0.6 is 0 Å². The Kier molecular flexibility index (Phi) is 3.23. The standard InChI is InChI=1S/C13H9NO2.Li.H/c15-10-7-5-9(6-8-10)13-14-11-3-1-2-4-12(11)16-13;;/h1-8,15H;;/q;+1;-1. The van der Waals surface area contributed by atoms with Crippen molar-refractivity contribution >= 4 is 11.1 Å². The monoisotopic (exact) mass is 219 g/mol. The molecule has 3 aromatic rings. The maximum atomic E-state index is 9.19. The van der Waals surface area contributed by atoms with Crippen molar-refractivity contribution < 1.29 is 29.8 Å². The number of benzene rings is 2. The number of fused-ring (bicyclic) bond motifs is 1. The molecular weight excluding hydrogens is 209 g/mol. The Balaban J connectivity index is 0.000000810. The minimum atomic E-state index is 0. The van der Waals surface area contributed by atoms with E-state index in [2.05, 4.69) is 4.98 Å². The van der Waals surface area contributed by atoms with E-state index in [-0.39, 0.29) is 26.0 Å². The zero-order chi connectivity index (χ0) is 11.0. The van der Waals surface area contributed by atoms with Crippen LogP contribution in [-0.2, 0) is 0 Å². The number of para-hydroxylation sites is 2. The summed E-state index contributed by atoms with van der Waals surface area (Å²) in [7, 11) is 0. The van der Waals surface area contributed by atoms with Gasteiger partial charge in [0.2, 0.25) is 5.89 Å². The zero-order valence-corrected chi connectivity index (χ0v) is 9.42. The van der Waals surface area contributed by atoms with Crippen LogP contribution in [0.5, 0.6) is 5.75 Å². The summed E-state index contributed by atoms with van der Waals surface area (Å²) in [5.74, 6) is 0.807. The Bertz CT molecular complexity index is 604. The van der Waals surface area contributed by atoms with Gasteiger partial charge in [0.05, 0.1) is 0 Å². The first-order valence-electron chi connectivity index (χ1n) is 4.98. The third-order valence-electron chi connectivity index (χ3n) is 2.41. The van der Waals surface area contributed by atoms with Gasteiger partial charge in [0.25, 0.3) is 0 Å². The number of hydrogen-bond donors (Lipinski definition) is 1. The molecule has 0 bridgehead atoms. The van der Waals surface area contributed by atoms with E-state index < -0.39 is 0 Å². The molecule has 4 heteroatoms. The Morgan fingerprint density at radius 2 is 1.71 bits per heavy atom. The van der Waals surface area contributed by atoms with Gasteiger partial charge in [-0.1, -0.05) is 12.1 Å². The van der Waals surface area contributed by atoms with Crippen LogP contribution in [0, 0.1) is 0 Å². The van der Waals surface area contributed by atoms with Gasteiger partial charge >= 0.3 is 18.9 Å². The number of rotatable bonds is 1. The van der Waals surface area contributed by atoms with Crippen molar-refractivity contribution in [1.82, 2.24) is 4.98 Å². The predicted molar refractivity (Wildman–Crippen MR) is 62.2 cm³/mol. The first-order chi connectivity index (χ1) is 7.83. The zero-order valence-electron chi connectivity index (χ0n) is 10.4. The molecule has 0 fully saturated rings. The van der Waals surface area contributed by atoms with Crippen LogP contribution in [-0.4, -0.2) is 10.1 Å². The van der Waals surface area contributed by atoms with E-state index in [1.165, 1.54) is 0 Å². The van der Waals surface area contributed by atoms with Crippen molar-refractivity contribution in [1.29, 1.82) is 0 Å². The van der Waals surface area contributed by atoms with Crippen molar-refractivity contribution in [2.24, 2.45) is 0 Å². The van der Waals surface area contributed by atoms with E-state index in [0.29, 0.717) is 5.89 Å². The molecule has 0 aliphatic carbocycles. The molecule has 0 amide bonds. The molecule has 0 radical (unpaired) electrons. The quantitative estimate of drug-likeness (QED) is 0.599. The van der Waals surface area contributed by atoms with Crippen molar-refractivity contribution in [3.63, 3.8) is 0 Å². The van der Waals surface area contributed by atoms with E-state index in [0.717, 1.165) is 16.7 Å². The molecule has 1 N–H and O–H groups in total. The molecule has 2 aromatic carbocycles. The van der Waals surface area contributed by atoms with Crippen LogP contribution in [0.25, 0.3) is 22.6 Å². The molecule has 0 unspecified atom stereocenters. The van der Waals surface area contributed by atoms with Gasteiger partial charge in [-0.2, -0.15) is 0 Å². The Morgan fingerprint density at radius 1 is 1.00 bits per heavy atom. The number of phenolic OH excluding ortho intramolecular Hbond substituents is 1. The maximum absolute atomic E-state index is 9.19. The Morgan fingerprint density at radius 3 is 2.41 bits per heavy atom. The minimum absolute atomic E-state index is 0. The van der Waals surface area contributed by atoms with Crippen LogP contribution in [0.15, 0.2) is 52.9 Å². The van der Waals surface area contributed by atoms with Crippen LogP contribution in [0.2, 0.25) is 0 Å². The van der Waals surface area contributed by atoms with Crippen molar-refractivity contribution in [3.8, 4) is 17.2 Å². The van der Waals surface area contributed by atoms with E-state index in [9.17, 15) is 5.11 Å². The topological polar surface area (TPSA) is 46.3 Å². The molecule has 0 saturated heterocycles. The van der Waals surface area contributed by atoms with Gasteiger partial charge in [-0.05, 0) is 36.4 Å². The van der Waals surface area contributed by atoms with E-state index >= 15 is 0 Å². The second-order valence-electron chi connectivity index (χ2n) is 3.53. The molecule has 0 spiro atoms. The molecule has 1 heterocycles. The second-order valence-corrected chi connectivity index (χ2v) is 3.53. The average molecular weight is 219 g/mol. The molecule has 3 nitrogen and oxygen atoms in total. The molecule has 3 rings (SSSR count). The first-order valence-corrected chi connectivity index (χ1v) is 4.98. The van der Waals surface area contributed by atoms with Crippen LogP contribution < -0.4 is 18.9 Å². The third-order valence-corrected chi connectivity index (χ3v) is 2.41. The number of aromatic hydroxyl groups is 1. The molecule has 80 valence electrons. The molecule has 17 heavy (non-hydrogen) atoms. The Hall–Kier alpha value is -1.69. The smallest absolute Gasteiger partial charge is 1.00 e. The summed E-state index contributed by atoms with van der Waals surface area (Å²) >= 11 is 0. The summed E-state index contributed by atoms with van der Waals surface area (Å²) in [4.78, 5) is 4.36. The number of hydrogen-bond acceptors (Lipinski definition) is 3. The molecule has 0 aliphatic rings.